The van der Waals surface area contributed by atoms with Crippen molar-refractivity contribution in [2.45, 2.75) is 50.9 Å². The average Bonchev–Trinajstić information content (AvgIpc) is 3.32. The highest BCUT2D eigenvalue weighted by atomic mass is 35.5. The van der Waals surface area contributed by atoms with Gasteiger partial charge in [-0.05, 0) is 92.6 Å². The zero-order chi connectivity index (χ0) is 21.2. The smallest absolute Gasteiger partial charge is 0.151 e. The van der Waals surface area contributed by atoms with E-state index in [1.165, 1.54) is 74.0 Å². The van der Waals surface area contributed by atoms with Crippen molar-refractivity contribution >= 4 is 36.1 Å². The highest BCUT2D eigenvalue weighted by Gasteiger charge is 2.26. The molecule has 1 heterocycles. The van der Waals surface area contributed by atoms with Gasteiger partial charge in [-0.15, -0.1) is 0 Å². The fraction of sp³-hybridized carbons (Fsp3) is 0.520. The molecule has 2 nitrogen and oxygen atoms in total. The van der Waals surface area contributed by atoms with Gasteiger partial charge in [-0.3, -0.25) is 0 Å². The maximum atomic E-state index is 6.07. The molecule has 1 atom stereocenters. The molecule has 1 aliphatic carbocycles. The van der Waals surface area contributed by atoms with Crippen molar-refractivity contribution in [1.29, 1.82) is 0 Å². The summed E-state index contributed by atoms with van der Waals surface area (Å²) in [5, 5.41) is 0.890. The van der Waals surface area contributed by atoms with Crippen LogP contribution in [0.2, 0.25) is 11.3 Å². The fourth-order valence-corrected chi connectivity index (χ4v) is 5.01. The number of rotatable bonds is 7. The van der Waals surface area contributed by atoms with E-state index in [9.17, 15) is 0 Å². The van der Waals surface area contributed by atoms with Gasteiger partial charge in [0.2, 0.25) is 0 Å². The van der Waals surface area contributed by atoms with Crippen LogP contribution < -0.4 is 10.2 Å². The fourth-order valence-electron chi connectivity index (χ4n) is 4.36. The second kappa shape index (κ2) is 12.7. The van der Waals surface area contributed by atoms with E-state index in [2.05, 4.69) is 42.7 Å². The SMILES string of the molecule is COc1ccc([B]CCCSC)cc1.Clc1ccc2c(c1)CC(N1CCCC1)CC2. The summed E-state index contributed by atoms with van der Waals surface area (Å²) in [7, 11) is 3.97. The molecule has 0 N–H and O–H groups in total. The van der Waals surface area contributed by atoms with E-state index >= 15 is 0 Å². The summed E-state index contributed by atoms with van der Waals surface area (Å²) in [4.78, 5) is 2.67. The standard InChI is InChI=1S/C14H18ClN.C11H16BOS/c15-13-5-3-11-4-6-14(10-12(11)9-13)16-7-1-2-8-16;1-13-11-6-4-10(5-7-11)12-8-3-9-14-2/h3,5,9,14H,1-2,4,6-8,10H2;4-7H,3,8-9H2,1-2H3. The second-order valence-corrected chi connectivity index (χ2v) is 9.59. The molecule has 0 aromatic heterocycles. The van der Waals surface area contributed by atoms with Crippen LogP contribution in [0.25, 0.3) is 0 Å². The number of methoxy groups -OCH3 is 1. The number of ether oxygens (including phenoxy) is 1. The van der Waals surface area contributed by atoms with Crippen LogP contribution in [0.15, 0.2) is 42.5 Å². The number of thioether (sulfide) groups is 1. The Morgan fingerprint density at radius 1 is 1.10 bits per heavy atom. The Bertz CT molecular complexity index is 764. The van der Waals surface area contributed by atoms with Gasteiger partial charge in [0, 0.05) is 11.1 Å². The van der Waals surface area contributed by atoms with Crippen molar-refractivity contribution in [3.63, 3.8) is 0 Å². The number of likely N-dealkylation sites (tertiary alicyclic amines) is 1. The zero-order valence-corrected chi connectivity index (χ0v) is 20.0. The molecule has 1 fully saturated rings. The van der Waals surface area contributed by atoms with Crippen molar-refractivity contribution in [3.05, 3.63) is 58.6 Å². The minimum absolute atomic E-state index is 0.772. The Labute approximate surface area is 193 Å². The molecule has 2 aromatic rings. The van der Waals surface area contributed by atoms with Gasteiger partial charge in [0.1, 0.15) is 5.75 Å². The molecule has 1 aliphatic heterocycles. The van der Waals surface area contributed by atoms with Crippen LogP contribution in [0, 0.1) is 0 Å². The lowest BCUT2D eigenvalue weighted by Crippen LogP contribution is -2.37. The van der Waals surface area contributed by atoms with Crippen LogP contribution in [-0.4, -0.2) is 50.4 Å². The number of fused-ring (bicyclic) bond motifs is 1. The Balaban J connectivity index is 0.000000173. The van der Waals surface area contributed by atoms with Crippen LogP contribution in [0.1, 0.15) is 36.8 Å². The van der Waals surface area contributed by atoms with Crippen molar-refractivity contribution in [2.24, 2.45) is 0 Å². The Kier molecular flexibility index (Phi) is 9.96. The van der Waals surface area contributed by atoms with E-state index in [4.69, 9.17) is 16.3 Å². The summed E-state index contributed by atoms with van der Waals surface area (Å²) in [5.41, 5.74) is 4.28. The van der Waals surface area contributed by atoms with E-state index in [1.54, 1.807) is 7.11 Å². The van der Waals surface area contributed by atoms with Crippen LogP contribution in [0.3, 0.4) is 0 Å². The number of hydrogen-bond donors (Lipinski definition) is 0. The summed E-state index contributed by atoms with van der Waals surface area (Å²) >= 11 is 7.97. The van der Waals surface area contributed by atoms with E-state index in [0.717, 1.165) is 23.1 Å². The second-order valence-electron chi connectivity index (χ2n) is 8.17. The number of halogens is 1. The van der Waals surface area contributed by atoms with Crippen LogP contribution in [-0.2, 0) is 12.8 Å². The molecule has 0 bridgehead atoms. The minimum Gasteiger partial charge on any atom is -0.497 e. The average molecular weight is 443 g/mol. The normalized spacial score (nSPS) is 18.3. The summed E-state index contributed by atoms with van der Waals surface area (Å²) < 4.78 is 5.09. The van der Waals surface area contributed by atoms with Gasteiger partial charge in [0.15, 0.2) is 7.28 Å². The first kappa shape index (κ1) is 23.6. The predicted molar refractivity (Wildman–Crippen MR) is 134 cm³/mol. The predicted octanol–water partition coefficient (Wildman–Crippen LogP) is 5.49. The lowest BCUT2D eigenvalue weighted by molar-refractivity contribution is 0.222. The topological polar surface area (TPSA) is 12.5 Å². The monoisotopic (exact) mass is 442 g/mol. The molecular weight excluding hydrogens is 409 g/mol. The summed E-state index contributed by atoms with van der Waals surface area (Å²) in [6.07, 6.45) is 11.1. The molecule has 1 radical (unpaired) electrons. The van der Waals surface area contributed by atoms with Gasteiger partial charge in [0.25, 0.3) is 0 Å². The van der Waals surface area contributed by atoms with Crippen LogP contribution in [0.5, 0.6) is 5.75 Å². The molecule has 161 valence electrons. The summed E-state index contributed by atoms with van der Waals surface area (Å²) in [5.74, 6) is 2.17. The summed E-state index contributed by atoms with van der Waals surface area (Å²) in [6.45, 7) is 2.61. The zero-order valence-electron chi connectivity index (χ0n) is 18.4. The highest BCUT2D eigenvalue weighted by Crippen LogP contribution is 2.28. The van der Waals surface area contributed by atoms with Gasteiger partial charge in [-0.2, -0.15) is 11.8 Å². The largest absolute Gasteiger partial charge is 0.497 e. The Hall–Kier alpha value is -1.10. The third-order valence-corrected chi connectivity index (χ3v) is 7.01. The molecule has 0 amide bonds. The van der Waals surface area contributed by atoms with Gasteiger partial charge in [-0.25, -0.2) is 0 Å². The maximum Gasteiger partial charge on any atom is 0.151 e. The van der Waals surface area contributed by atoms with E-state index in [1.807, 2.05) is 30.0 Å². The lowest BCUT2D eigenvalue weighted by atomic mass is 9.66. The Morgan fingerprint density at radius 3 is 2.57 bits per heavy atom. The summed E-state index contributed by atoms with van der Waals surface area (Å²) in [6, 6.07) is 15.4. The van der Waals surface area contributed by atoms with Crippen molar-refractivity contribution in [3.8, 4) is 5.75 Å². The maximum absolute atomic E-state index is 6.07. The van der Waals surface area contributed by atoms with Crippen molar-refractivity contribution in [1.82, 2.24) is 4.90 Å². The van der Waals surface area contributed by atoms with Gasteiger partial charge in [-0.1, -0.05) is 48.0 Å². The van der Waals surface area contributed by atoms with E-state index in [0.29, 0.717) is 0 Å². The first-order chi connectivity index (χ1) is 14.7. The van der Waals surface area contributed by atoms with Crippen molar-refractivity contribution in [2.75, 3.05) is 32.2 Å². The van der Waals surface area contributed by atoms with Crippen LogP contribution >= 0.6 is 23.4 Å². The lowest BCUT2D eigenvalue weighted by Gasteiger charge is -2.32. The first-order valence-corrected chi connectivity index (χ1v) is 12.9. The first-order valence-electron chi connectivity index (χ1n) is 11.2. The molecule has 2 aliphatic rings. The third-order valence-electron chi connectivity index (χ3n) is 6.08. The molecule has 1 saturated heterocycles. The molecule has 0 spiro atoms. The Morgan fingerprint density at radius 2 is 1.87 bits per heavy atom. The number of aryl methyl sites for hydroxylation is 1. The molecule has 2 aromatic carbocycles. The van der Waals surface area contributed by atoms with Gasteiger partial charge in [0.05, 0.1) is 7.11 Å². The van der Waals surface area contributed by atoms with E-state index < -0.39 is 0 Å². The highest BCUT2D eigenvalue weighted by molar-refractivity contribution is 7.98. The van der Waals surface area contributed by atoms with Gasteiger partial charge >= 0.3 is 0 Å². The van der Waals surface area contributed by atoms with Crippen molar-refractivity contribution < 1.29 is 4.74 Å². The molecule has 30 heavy (non-hydrogen) atoms. The van der Waals surface area contributed by atoms with Gasteiger partial charge < -0.3 is 9.64 Å². The molecule has 5 heteroatoms. The third kappa shape index (κ3) is 7.25. The van der Waals surface area contributed by atoms with E-state index in [-0.39, 0.29) is 0 Å². The minimum atomic E-state index is 0.772. The molecular formula is C25H34BClNOS. The molecule has 0 saturated carbocycles. The molecule has 4 rings (SSSR count). The number of nitrogens with zero attached hydrogens (tertiary/aromatic N) is 1. The quantitative estimate of drug-likeness (QED) is 0.415. The number of benzene rings is 2. The number of hydrogen-bond acceptors (Lipinski definition) is 3. The van der Waals surface area contributed by atoms with Crippen LogP contribution in [0.4, 0.5) is 0 Å². The molecule has 1 unspecified atom stereocenters.